The number of anilines is 1. The molecule has 1 unspecified atom stereocenters. The van der Waals surface area contributed by atoms with Gasteiger partial charge in [-0.3, -0.25) is 4.79 Å². The summed E-state index contributed by atoms with van der Waals surface area (Å²) in [4.78, 5) is 12.1. The molecule has 2 aromatic rings. The van der Waals surface area contributed by atoms with E-state index in [1.807, 2.05) is 0 Å². The first kappa shape index (κ1) is 13.4. The molecular formula is C15H11Cl2NO2. The van der Waals surface area contributed by atoms with Gasteiger partial charge in [-0.25, -0.2) is 0 Å². The van der Waals surface area contributed by atoms with Gasteiger partial charge in [0.2, 0.25) is 0 Å². The number of hydrogen-bond donors (Lipinski definition) is 2. The molecule has 0 spiro atoms. The second-order valence-electron chi connectivity index (χ2n) is 4.77. The van der Waals surface area contributed by atoms with Gasteiger partial charge in [0.25, 0.3) is 5.91 Å². The normalized spacial score (nSPS) is 20.6. The van der Waals surface area contributed by atoms with Crippen LogP contribution in [0.5, 0.6) is 0 Å². The van der Waals surface area contributed by atoms with Crippen LogP contribution in [0.25, 0.3) is 0 Å². The predicted octanol–water partition coefficient (Wildman–Crippen LogP) is 3.38. The van der Waals surface area contributed by atoms with Gasteiger partial charge in [-0.2, -0.15) is 0 Å². The lowest BCUT2D eigenvalue weighted by Crippen LogP contribution is -2.36. The molecule has 20 heavy (non-hydrogen) atoms. The molecule has 0 aromatic heterocycles. The zero-order valence-electron chi connectivity index (χ0n) is 10.4. The summed E-state index contributed by atoms with van der Waals surface area (Å²) in [6, 6.07) is 12.1. The van der Waals surface area contributed by atoms with E-state index in [0.717, 1.165) is 0 Å². The molecule has 2 aromatic carbocycles. The van der Waals surface area contributed by atoms with Crippen LogP contribution in [0.4, 0.5) is 5.69 Å². The summed E-state index contributed by atoms with van der Waals surface area (Å²) in [6.45, 7) is 0. The highest BCUT2D eigenvalue weighted by molar-refractivity contribution is 6.35. The lowest BCUT2D eigenvalue weighted by atomic mass is 9.88. The molecule has 5 heteroatoms. The fourth-order valence-electron chi connectivity index (χ4n) is 2.42. The number of para-hydroxylation sites is 1. The van der Waals surface area contributed by atoms with Crippen molar-refractivity contribution in [2.75, 3.05) is 5.32 Å². The van der Waals surface area contributed by atoms with Crippen LogP contribution in [0.1, 0.15) is 11.1 Å². The molecular weight excluding hydrogens is 297 g/mol. The van der Waals surface area contributed by atoms with Crippen LogP contribution in [-0.4, -0.2) is 11.0 Å². The van der Waals surface area contributed by atoms with Crippen molar-refractivity contribution < 1.29 is 9.90 Å². The van der Waals surface area contributed by atoms with Crippen molar-refractivity contribution in [3.8, 4) is 0 Å². The molecule has 0 radical (unpaired) electrons. The Kier molecular flexibility index (Phi) is 3.21. The second kappa shape index (κ2) is 4.77. The number of halogens is 2. The maximum Gasteiger partial charge on any atom is 0.261 e. The van der Waals surface area contributed by atoms with Crippen molar-refractivity contribution in [2.45, 2.75) is 12.0 Å². The fraction of sp³-hybridized carbons (Fsp3) is 0.133. The average Bonchev–Trinajstić information content (AvgIpc) is 2.66. The molecule has 1 aliphatic heterocycles. The first-order valence-corrected chi connectivity index (χ1v) is 6.83. The second-order valence-corrected chi connectivity index (χ2v) is 5.62. The lowest BCUT2D eigenvalue weighted by Gasteiger charge is -2.21. The number of carbonyl (C=O) groups is 1. The Hall–Kier alpha value is -1.55. The van der Waals surface area contributed by atoms with Gasteiger partial charge in [-0.05, 0) is 23.8 Å². The molecule has 0 saturated heterocycles. The maximum absolute atomic E-state index is 12.1. The van der Waals surface area contributed by atoms with Gasteiger partial charge in [0.1, 0.15) is 0 Å². The third kappa shape index (κ3) is 2.08. The predicted molar refractivity (Wildman–Crippen MR) is 79.1 cm³/mol. The van der Waals surface area contributed by atoms with Crippen LogP contribution in [0.15, 0.2) is 42.5 Å². The van der Waals surface area contributed by atoms with Crippen LogP contribution in [0, 0.1) is 0 Å². The fourth-order valence-corrected chi connectivity index (χ4v) is 2.89. The Bertz CT molecular complexity index is 702. The zero-order valence-corrected chi connectivity index (χ0v) is 11.9. The Balaban J connectivity index is 2.03. The average molecular weight is 308 g/mol. The van der Waals surface area contributed by atoms with E-state index in [9.17, 15) is 9.90 Å². The van der Waals surface area contributed by atoms with E-state index in [-0.39, 0.29) is 6.42 Å². The highest BCUT2D eigenvalue weighted by Gasteiger charge is 2.45. The quantitative estimate of drug-likeness (QED) is 0.893. The van der Waals surface area contributed by atoms with E-state index in [0.29, 0.717) is 26.9 Å². The Labute approximate surface area is 126 Å². The number of benzene rings is 2. The Morgan fingerprint density at radius 1 is 1.15 bits per heavy atom. The Morgan fingerprint density at radius 2 is 1.90 bits per heavy atom. The number of nitrogens with one attached hydrogen (secondary N) is 1. The van der Waals surface area contributed by atoms with E-state index in [1.165, 1.54) is 0 Å². The van der Waals surface area contributed by atoms with Gasteiger partial charge in [0.05, 0.1) is 0 Å². The first-order chi connectivity index (χ1) is 9.50. The monoisotopic (exact) mass is 307 g/mol. The summed E-state index contributed by atoms with van der Waals surface area (Å²) in [6.07, 6.45) is 0.103. The third-order valence-electron chi connectivity index (χ3n) is 3.46. The summed E-state index contributed by atoms with van der Waals surface area (Å²) in [7, 11) is 0. The van der Waals surface area contributed by atoms with Crippen LogP contribution < -0.4 is 5.32 Å². The van der Waals surface area contributed by atoms with Crippen LogP contribution in [-0.2, 0) is 16.8 Å². The van der Waals surface area contributed by atoms with Crippen molar-refractivity contribution >= 4 is 34.8 Å². The molecule has 2 N–H and O–H groups in total. The number of carbonyl (C=O) groups excluding carboxylic acids is 1. The molecule has 0 saturated carbocycles. The summed E-state index contributed by atoms with van der Waals surface area (Å²) < 4.78 is 0. The summed E-state index contributed by atoms with van der Waals surface area (Å²) in [5.74, 6) is -0.440. The van der Waals surface area contributed by atoms with E-state index in [4.69, 9.17) is 23.2 Å². The van der Waals surface area contributed by atoms with Crippen molar-refractivity contribution in [1.82, 2.24) is 0 Å². The minimum atomic E-state index is -1.60. The number of fused-ring (bicyclic) bond motifs is 1. The van der Waals surface area contributed by atoms with Crippen molar-refractivity contribution in [1.29, 1.82) is 0 Å². The van der Waals surface area contributed by atoms with Crippen LogP contribution >= 0.6 is 23.2 Å². The molecule has 3 nitrogen and oxygen atoms in total. The number of hydrogen-bond acceptors (Lipinski definition) is 2. The van der Waals surface area contributed by atoms with E-state index < -0.39 is 11.5 Å². The number of amides is 1. The summed E-state index contributed by atoms with van der Waals surface area (Å²) in [5.41, 5.74) is 0.264. The highest BCUT2D eigenvalue weighted by atomic mass is 35.5. The third-order valence-corrected chi connectivity index (χ3v) is 4.04. The summed E-state index contributed by atoms with van der Waals surface area (Å²) >= 11 is 12.0. The number of aliphatic hydroxyl groups is 1. The van der Waals surface area contributed by atoms with E-state index in [1.54, 1.807) is 42.5 Å². The number of rotatable bonds is 2. The Morgan fingerprint density at radius 3 is 2.65 bits per heavy atom. The molecule has 1 aliphatic rings. The molecule has 102 valence electrons. The zero-order chi connectivity index (χ0) is 14.3. The van der Waals surface area contributed by atoms with Gasteiger partial charge in [0.15, 0.2) is 5.60 Å². The first-order valence-electron chi connectivity index (χ1n) is 6.08. The molecule has 3 rings (SSSR count). The molecule has 0 bridgehead atoms. The van der Waals surface area contributed by atoms with E-state index >= 15 is 0 Å². The standard InChI is InChI=1S/C15H11Cl2NO2/c16-10-6-5-9(12(17)7-10)8-15(20)11-3-1-2-4-13(11)18-14(15)19/h1-7,20H,8H2,(H,18,19). The minimum absolute atomic E-state index is 0.103. The molecule has 1 heterocycles. The molecule has 0 aliphatic carbocycles. The topological polar surface area (TPSA) is 49.3 Å². The van der Waals surface area contributed by atoms with Gasteiger partial charge in [-0.15, -0.1) is 0 Å². The smallest absolute Gasteiger partial charge is 0.261 e. The summed E-state index contributed by atoms with van der Waals surface area (Å²) in [5, 5.41) is 14.4. The van der Waals surface area contributed by atoms with Crippen LogP contribution in [0.3, 0.4) is 0 Å². The SMILES string of the molecule is O=C1Nc2ccccc2C1(O)Cc1ccc(Cl)cc1Cl. The van der Waals surface area contributed by atoms with Crippen LogP contribution in [0.2, 0.25) is 10.0 Å². The minimum Gasteiger partial charge on any atom is -0.375 e. The van der Waals surface area contributed by atoms with Crippen molar-refractivity contribution in [3.63, 3.8) is 0 Å². The lowest BCUT2D eigenvalue weighted by molar-refractivity contribution is -0.133. The largest absolute Gasteiger partial charge is 0.375 e. The highest BCUT2D eigenvalue weighted by Crippen LogP contribution is 2.39. The molecule has 1 atom stereocenters. The molecule has 0 fully saturated rings. The van der Waals surface area contributed by atoms with Gasteiger partial charge >= 0.3 is 0 Å². The van der Waals surface area contributed by atoms with Crippen molar-refractivity contribution in [2.24, 2.45) is 0 Å². The van der Waals surface area contributed by atoms with Gasteiger partial charge in [-0.1, -0.05) is 47.5 Å². The molecule has 1 amide bonds. The maximum atomic E-state index is 12.1. The van der Waals surface area contributed by atoms with Gasteiger partial charge < -0.3 is 10.4 Å². The van der Waals surface area contributed by atoms with Crippen molar-refractivity contribution in [3.05, 3.63) is 63.6 Å². The van der Waals surface area contributed by atoms with E-state index in [2.05, 4.69) is 5.32 Å². The van der Waals surface area contributed by atoms with Gasteiger partial charge in [0, 0.05) is 27.7 Å².